The average molecular weight is 281 g/mol. The summed E-state index contributed by atoms with van der Waals surface area (Å²) in [5.74, 6) is -0.284. The number of carboxylic acids is 1. The third kappa shape index (κ3) is 1.98. The van der Waals surface area contributed by atoms with Crippen LogP contribution in [0.25, 0.3) is 22.4 Å². The Balaban J connectivity index is 2.40. The van der Waals surface area contributed by atoms with Gasteiger partial charge in [-0.2, -0.15) is 0 Å². The zero-order chi connectivity index (χ0) is 15.1. The maximum absolute atomic E-state index is 11.6. The van der Waals surface area contributed by atoms with Crippen molar-refractivity contribution in [3.63, 3.8) is 0 Å². The van der Waals surface area contributed by atoms with Crippen molar-refractivity contribution in [2.24, 2.45) is 7.05 Å². The highest BCUT2D eigenvalue weighted by Crippen LogP contribution is 2.31. The number of carboxylic acid groups (broad SMARTS) is 1. The van der Waals surface area contributed by atoms with E-state index in [9.17, 15) is 9.90 Å². The first kappa shape index (κ1) is 13.3. The minimum absolute atomic E-state index is 0.307. The van der Waals surface area contributed by atoms with Gasteiger partial charge in [-0.05, 0) is 31.0 Å². The van der Waals surface area contributed by atoms with Crippen molar-refractivity contribution in [2.45, 2.75) is 13.8 Å². The molecule has 0 aliphatic rings. The molecule has 1 aromatic carbocycles. The maximum Gasteiger partial charge on any atom is 0.336 e. The number of aromatic nitrogens is 3. The van der Waals surface area contributed by atoms with Gasteiger partial charge in [-0.1, -0.05) is 12.1 Å². The number of hydrogen-bond acceptors (Lipinski definition) is 3. The van der Waals surface area contributed by atoms with Crippen LogP contribution in [0.4, 0.5) is 0 Å². The van der Waals surface area contributed by atoms with Gasteiger partial charge < -0.3 is 9.67 Å². The van der Waals surface area contributed by atoms with Crippen LogP contribution in [-0.4, -0.2) is 25.6 Å². The lowest BCUT2D eigenvalue weighted by Gasteiger charge is -2.12. The minimum atomic E-state index is -0.934. The molecule has 5 heteroatoms. The van der Waals surface area contributed by atoms with E-state index in [0.717, 1.165) is 22.2 Å². The summed E-state index contributed by atoms with van der Waals surface area (Å²) in [5.41, 5.74) is 4.28. The molecule has 0 spiro atoms. The van der Waals surface area contributed by atoms with Gasteiger partial charge in [0.15, 0.2) is 0 Å². The molecular formula is C16H15N3O2. The molecule has 0 radical (unpaired) electrons. The fraction of sp³-hybridized carbons (Fsp3) is 0.188. The van der Waals surface area contributed by atoms with E-state index in [1.54, 1.807) is 19.3 Å². The molecule has 5 nitrogen and oxygen atoms in total. The van der Waals surface area contributed by atoms with Gasteiger partial charge in [-0.15, -0.1) is 0 Å². The van der Waals surface area contributed by atoms with Crippen molar-refractivity contribution in [2.75, 3.05) is 0 Å². The van der Waals surface area contributed by atoms with Crippen molar-refractivity contribution < 1.29 is 9.90 Å². The molecular weight excluding hydrogens is 266 g/mol. The van der Waals surface area contributed by atoms with Crippen LogP contribution in [0.5, 0.6) is 0 Å². The Morgan fingerprint density at radius 2 is 1.90 bits per heavy atom. The number of fused-ring (bicyclic) bond motifs is 1. The van der Waals surface area contributed by atoms with Gasteiger partial charge in [0.05, 0.1) is 22.8 Å². The fourth-order valence-corrected chi connectivity index (χ4v) is 2.63. The molecule has 0 amide bonds. The molecule has 2 aromatic heterocycles. The largest absolute Gasteiger partial charge is 0.478 e. The zero-order valence-corrected chi connectivity index (χ0v) is 12.1. The van der Waals surface area contributed by atoms with Gasteiger partial charge in [0.25, 0.3) is 0 Å². The highest BCUT2D eigenvalue weighted by molar-refractivity contribution is 5.98. The second-order valence-electron chi connectivity index (χ2n) is 5.11. The maximum atomic E-state index is 11.6. The summed E-state index contributed by atoms with van der Waals surface area (Å²) < 4.78 is 1.89. The van der Waals surface area contributed by atoms with Crippen molar-refractivity contribution in [1.82, 2.24) is 14.5 Å². The third-order valence-corrected chi connectivity index (χ3v) is 3.74. The first-order valence-corrected chi connectivity index (χ1v) is 6.61. The van der Waals surface area contributed by atoms with E-state index in [-0.39, 0.29) is 0 Å². The van der Waals surface area contributed by atoms with Gasteiger partial charge >= 0.3 is 5.97 Å². The molecule has 0 fully saturated rings. The van der Waals surface area contributed by atoms with Crippen molar-refractivity contribution in [3.05, 3.63) is 47.3 Å². The molecule has 3 aromatic rings. The predicted octanol–water partition coefficient (Wildman–Crippen LogP) is 2.95. The predicted molar refractivity (Wildman–Crippen MR) is 80.4 cm³/mol. The van der Waals surface area contributed by atoms with Gasteiger partial charge in [-0.25, -0.2) is 9.78 Å². The fourth-order valence-electron chi connectivity index (χ4n) is 2.63. The molecule has 3 rings (SSSR count). The Kier molecular flexibility index (Phi) is 2.97. The van der Waals surface area contributed by atoms with E-state index in [2.05, 4.69) is 9.97 Å². The van der Waals surface area contributed by atoms with Crippen LogP contribution in [0.1, 0.15) is 21.5 Å². The number of aryl methyl sites for hydroxylation is 3. The molecule has 0 saturated heterocycles. The number of benzene rings is 1. The second-order valence-corrected chi connectivity index (χ2v) is 5.11. The number of aromatic carboxylic acids is 1. The van der Waals surface area contributed by atoms with E-state index < -0.39 is 5.97 Å². The van der Waals surface area contributed by atoms with E-state index in [1.165, 1.54) is 0 Å². The molecule has 1 N–H and O–H groups in total. The lowest BCUT2D eigenvalue weighted by atomic mass is 9.96. The molecule has 2 heterocycles. The van der Waals surface area contributed by atoms with Crippen LogP contribution in [0.15, 0.2) is 30.6 Å². The van der Waals surface area contributed by atoms with E-state index >= 15 is 0 Å². The lowest BCUT2D eigenvalue weighted by molar-refractivity contribution is 0.0697. The standard InChI is InChI=1S/C16H15N3O2/c1-9-4-5-10(2)14(16(20)21)13(9)15-18-11-6-7-17-8-12(11)19(15)3/h4-8H,1-3H3,(H,20,21). The molecule has 106 valence electrons. The Hall–Kier alpha value is -2.69. The normalized spacial score (nSPS) is 11.0. The summed E-state index contributed by atoms with van der Waals surface area (Å²) in [5, 5.41) is 9.55. The van der Waals surface area contributed by atoms with E-state index in [0.29, 0.717) is 17.0 Å². The summed E-state index contributed by atoms with van der Waals surface area (Å²) in [4.78, 5) is 20.3. The third-order valence-electron chi connectivity index (χ3n) is 3.74. The molecule has 0 aliphatic heterocycles. The summed E-state index contributed by atoms with van der Waals surface area (Å²) in [6, 6.07) is 5.58. The highest BCUT2D eigenvalue weighted by atomic mass is 16.4. The van der Waals surface area contributed by atoms with Crippen LogP contribution in [0.3, 0.4) is 0 Å². The monoisotopic (exact) mass is 281 g/mol. The molecule has 0 unspecified atom stereocenters. The van der Waals surface area contributed by atoms with Crippen LogP contribution in [0.2, 0.25) is 0 Å². The quantitative estimate of drug-likeness (QED) is 0.784. The van der Waals surface area contributed by atoms with Gasteiger partial charge in [-0.3, -0.25) is 4.98 Å². The van der Waals surface area contributed by atoms with Crippen LogP contribution in [0, 0.1) is 13.8 Å². The number of rotatable bonds is 2. The molecule has 0 saturated carbocycles. The molecule has 21 heavy (non-hydrogen) atoms. The minimum Gasteiger partial charge on any atom is -0.478 e. The smallest absolute Gasteiger partial charge is 0.336 e. The molecule has 0 aliphatic carbocycles. The summed E-state index contributed by atoms with van der Waals surface area (Å²) >= 11 is 0. The number of pyridine rings is 1. The van der Waals surface area contributed by atoms with Crippen molar-refractivity contribution in [3.8, 4) is 11.4 Å². The topological polar surface area (TPSA) is 68.0 Å². The average Bonchev–Trinajstić information content (AvgIpc) is 2.78. The first-order chi connectivity index (χ1) is 10.0. The Labute approximate surface area is 121 Å². The Morgan fingerprint density at radius 1 is 1.19 bits per heavy atom. The SMILES string of the molecule is Cc1ccc(C)c(-c2nc3ccncc3n2C)c1C(=O)O. The summed E-state index contributed by atoms with van der Waals surface area (Å²) in [6.07, 6.45) is 3.41. The van der Waals surface area contributed by atoms with Crippen LogP contribution >= 0.6 is 0 Å². The number of imidazole rings is 1. The number of carbonyl (C=O) groups is 1. The van der Waals surface area contributed by atoms with Crippen molar-refractivity contribution in [1.29, 1.82) is 0 Å². The van der Waals surface area contributed by atoms with Crippen molar-refractivity contribution >= 4 is 17.0 Å². The summed E-state index contributed by atoms with van der Waals surface area (Å²) in [6.45, 7) is 3.70. The Morgan fingerprint density at radius 3 is 2.57 bits per heavy atom. The zero-order valence-electron chi connectivity index (χ0n) is 12.1. The first-order valence-electron chi connectivity index (χ1n) is 6.61. The summed E-state index contributed by atoms with van der Waals surface area (Å²) in [7, 11) is 1.87. The van der Waals surface area contributed by atoms with Gasteiger partial charge in [0.2, 0.25) is 0 Å². The highest BCUT2D eigenvalue weighted by Gasteiger charge is 2.21. The molecule has 0 atom stereocenters. The van der Waals surface area contributed by atoms with E-state index in [1.807, 2.05) is 36.7 Å². The molecule has 0 bridgehead atoms. The number of hydrogen-bond donors (Lipinski definition) is 1. The van der Waals surface area contributed by atoms with E-state index in [4.69, 9.17) is 0 Å². The van der Waals surface area contributed by atoms with Gasteiger partial charge in [0, 0.05) is 18.8 Å². The second kappa shape index (κ2) is 4.70. The number of nitrogens with zero attached hydrogens (tertiary/aromatic N) is 3. The Bertz CT molecular complexity index is 865. The van der Waals surface area contributed by atoms with Crippen LogP contribution in [-0.2, 0) is 7.05 Å². The van der Waals surface area contributed by atoms with Crippen LogP contribution < -0.4 is 0 Å². The lowest BCUT2D eigenvalue weighted by Crippen LogP contribution is -2.07. The van der Waals surface area contributed by atoms with Gasteiger partial charge in [0.1, 0.15) is 5.82 Å².